The van der Waals surface area contributed by atoms with Gasteiger partial charge in [0.25, 0.3) is 10.0 Å². The number of hydrogen-bond acceptors (Lipinski definition) is 9. The molecule has 0 fully saturated rings. The Morgan fingerprint density at radius 3 is 2.52 bits per heavy atom. The number of thioether (sulfide) groups is 1. The summed E-state index contributed by atoms with van der Waals surface area (Å²) in [6.07, 6.45) is 0. The molecule has 2 aromatic carbocycles. The number of ether oxygens (including phenoxy) is 1. The van der Waals surface area contributed by atoms with E-state index in [4.69, 9.17) is 23.2 Å². The van der Waals surface area contributed by atoms with Gasteiger partial charge in [-0.15, -0.1) is 10.2 Å². The van der Waals surface area contributed by atoms with Crippen LogP contribution in [0, 0.1) is 0 Å². The van der Waals surface area contributed by atoms with Crippen molar-refractivity contribution in [3.63, 3.8) is 0 Å². The SMILES string of the molecule is COC(=O)CSc1nnc(NC(=O)CN(c2cccc(Cl)c2)S(=O)(=O)c2ccc(Cl)cc2)s1. The number of nitrogens with zero attached hydrogens (tertiary/aromatic N) is 3. The highest BCUT2D eigenvalue weighted by Crippen LogP contribution is 2.28. The zero-order valence-electron chi connectivity index (χ0n) is 16.9. The third kappa shape index (κ3) is 6.81. The number of benzene rings is 2. The molecule has 14 heteroatoms. The van der Waals surface area contributed by atoms with Crippen LogP contribution in [0.1, 0.15) is 0 Å². The molecule has 0 spiro atoms. The summed E-state index contributed by atoms with van der Waals surface area (Å²) in [7, 11) is -2.85. The number of hydrogen-bond donors (Lipinski definition) is 1. The highest BCUT2D eigenvalue weighted by molar-refractivity contribution is 8.01. The fourth-order valence-corrected chi connectivity index (χ4v) is 5.79. The monoisotopic (exact) mass is 546 g/mol. The molecule has 0 saturated heterocycles. The molecule has 1 N–H and O–H groups in total. The maximum atomic E-state index is 13.3. The van der Waals surface area contributed by atoms with Crippen LogP contribution >= 0.6 is 46.3 Å². The van der Waals surface area contributed by atoms with Gasteiger partial charge in [-0.1, -0.05) is 52.4 Å². The molecule has 1 aromatic heterocycles. The van der Waals surface area contributed by atoms with Crippen LogP contribution in [0.2, 0.25) is 10.0 Å². The minimum absolute atomic E-state index is 0.0426. The van der Waals surface area contributed by atoms with Gasteiger partial charge in [-0.3, -0.25) is 19.2 Å². The van der Waals surface area contributed by atoms with E-state index in [-0.39, 0.29) is 21.5 Å². The fraction of sp³-hybridized carbons (Fsp3) is 0.158. The number of nitrogens with one attached hydrogen (secondary N) is 1. The number of anilines is 2. The van der Waals surface area contributed by atoms with E-state index in [1.54, 1.807) is 12.1 Å². The van der Waals surface area contributed by atoms with Crippen LogP contribution in [-0.2, 0) is 24.3 Å². The van der Waals surface area contributed by atoms with E-state index in [1.165, 1.54) is 43.5 Å². The molecule has 33 heavy (non-hydrogen) atoms. The largest absolute Gasteiger partial charge is 0.468 e. The van der Waals surface area contributed by atoms with Gasteiger partial charge >= 0.3 is 5.97 Å². The van der Waals surface area contributed by atoms with Gasteiger partial charge in [0.2, 0.25) is 11.0 Å². The van der Waals surface area contributed by atoms with E-state index >= 15 is 0 Å². The molecule has 9 nitrogen and oxygen atoms in total. The Labute approximate surface area is 208 Å². The zero-order chi connectivity index (χ0) is 24.0. The minimum Gasteiger partial charge on any atom is -0.468 e. The van der Waals surface area contributed by atoms with Gasteiger partial charge in [0, 0.05) is 10.0 Å². The molecule has 0 aliphatic rings. The van der Waals surface area contributed by atoms with E-state index in [9.17, 15) is 18.0 Å². The van der Waals surface area contributed by atoms with Crippen LogP contribution in [0.4, 0.5) is 10.8 Å². The van der Waals surface area contributed by atoms with Gasteiger partial charge in [-0.2, -0.15) is 0 Å². The van der Waals surface area contributed by atoms with E-state index < -0.39 is 28.4 Å². The van der Waals surface area contributed by atoms with Crippen molar-refractivity contribution in [1.82, 2.24) is 10.2 Å². The number of methoxy groups -OCH3 is 1. The zero-order valence-corrected chi connectivity index (χ0v) is 20.9. The lowest BCUT2D eigenvalue weighted by Crippen LogP contribution is -2.38. The summed E-state index contributed by atoms with van der Waals surface area (Å²) in [5.41, 5.74) is 0.208. The van der Waals surface area contributed by atoms with Crippen LogP contribution in [-0.4, -0.2) is 49.9 Å². The molecule has 0 atom stereocenters. The number of carbonyl (C=O) groups excluding carboxylic acids is 2. The van der Waals surface area contributed by atoms with Crippen LogP contribution in [0.5, 0.6) is 0 Å². The van der Waals surface area contributed by atoms with E-state index in [0.717, 1.165) is 27.4 Å². The summed E-state index contributed by atoms with van der Waals surface area (Å²) in [4.78, 5) is 23.9. The van der Waals surface area contributed by atoms with Crippen LogP contribution in [0.3, 0.4) is 0 Å². The number of amides is 1. The molecule has 0 unspecified atom stereocenters. The molecule has 0 bridgehead atoms. The van der Waals surface area contributed by atoms with Crippen molar-refractivity contribution in [2.24, 2.45) is 0 Å². The standard InChI is InChI=1S/C19H16Cl2N4O5S3/c1-30-17(27)11-31-19-24-23-18(32-19)22-16(26)10-25(14-4-2-3-13(21)9-14)33(28,29)15-7-5-12(20)6-8-15/h2-9H,10-11H2,1H3,(H,22,23,26). The first-order valence-corrected chi connectivity index (χ1v) is 13.1. The minimum atomic E-state index is -4.12. The quantitative estimate of drug-likeness (QED) is 0.243. The number of esters is 1. The summed E-state index contributed by atoms with van der Waals surface area (Å²) in [5, 5.41) is 11.1. The van der Waals surface area contributed by atoms with E-state index in [0.29, 0.717) is 14.4 Å². The first kappa shape index (κ1) is 25.2. The summed E-state index contributed by atoms with van der Waals surface area (Å²) in [6.45, 7) is -0.546. The summed E-state index contributed by atoms with van der Waals surface area (Å²) in [5.74, 6) is -1.03. The lowest BCUT2D eigenvalue weighted by molar-refractivity contribution is -0.137. The Morgan fingerprint density at radius 2 is 1.85 bits per heavy atom. The summed E-state index contributed by atoms with van der Waals surface area (Å²) < 4.78 is 32.6. The molecule has 174 valence electrons. The van der Waals surface area contributed by atoms with Gasteiger partial charge in [0.1, 0.15) is 6.54 Å². The Bertz CT molecular complexity index is 1250. The van der Waals surface area contributed by atoms with Gasteiger partial charge < -0.3 is 4.74 Å². The first-order valence-electron chi connectivity index (χ1n) is 9.06. The second-order valence-electron chi connectivity index (χ2n) is 6.23. The maximum Gasteiger partial charge on any atom is 0.316 e. The van der Waals surface area contributed by atoms with E-state index in [2.05, 4.69) is 20.3 Å². The molecule has 0 radical (unpaired) electrons. The summed E-state index contributed by atoms with van der Waals surface area (Å²) in [6, 6.07) is 11.7. The maximum absolute atomic E-state index is 13.3. The molecular formula is C19H16Cl2N4O5S3. The van der Waals surface area contributed by atoms with E-state index in [1.807, 2.05) is 0 Å². The average molecular weight is 547 g/mol. The van der Waals surface area contributed by atoms with Gasteiger partial charge in [-0.05, 0) is 42.5 Å². The van der Waals surface area contributed by atoms with Crippen molar-refractivity contribution in [2.45, 2.75) is 9.24 Å². The average Bonchev–Trinajstić information content (AvgIpc) is 3.23. The molecule has 0 aliphatic heterocycles. The third-order valence-corrected chi connectivity index (χ3v) is 8.20. The Hall–Kier alpha value is -2.38. The normalized spacial score (nSPS) is 11.1. The molecule has 1 heterocycles. The second-order valence-corrected chi connectivity index (χ2v) is 11.2. The summed E-state index contributed by atoms with van der Waals surface area (Å²) >= 11 is 14.1. The lowest BCUT2D eigenvalue weighted by Gasteiger charge is -2.24. The molecule has 1 amide bonds. The predicted molar refractivity (Wildman–Crippen MR) is 129 cm³/mol. The second kappa shape index (κ2) is 11.2. The Morgan fingerprint density at radius 1 is 1.12 bits per heavy atom. The topological polar surface area (TPSA) is 119 Å². The fourth-order valence-electron chi connectivity index (χ4n) is 2.47. The highest BCUT2D eigenvalue weighted by Gasteiger charge is 2.28. The van der Waals surface area contributed by atoms with Gasteiger partial charge in [0.15, 0.2) is 4.34 Å². The predicted octanol–water partition coefficient (Wildman–Crippen LogP) is 3.94. The molecule has 3 aromatic rings. The van der Waals surface area contributed by atoms with Crippen LogP contribution < -0.4 is 9.62 Å². The van der Waals surface area contributed by atoms with Crippen molar-refractivity contribution in [3.8, 4) is 0 Å². The van der Waals surface area contributed by atoms with Crippen LogP contribution in [0.25, 0.3) is 0 Å². The van der Waals surface area contributed by atoms with Crippen molar-refractivity contribution < 1.29 is 22.7 Å². The number of sulfonamides is 1. The molecular weight excluding hydrogens is 531 g/mol. The first-order chi connectivity index (χ1) is 15.7. The number of carbonyl (C=O) groups is 2. The Balaban J connectivity index is 1.81. The lowest BCUT2D eigenvalue weighted by atomic mass is 10.3. The van der Waals surface area contributed by atoms with Crippen molar-refractivity contribution in [3.05, 3.63) is 58.6 Å². The third-order valence-electron chi connectivity index (χ3n) is 3.98. The van der Waals surface area contributed by atoms with Crippen LogP contribution in [0.15, 0.2) is 57.8 Å². The molecule has 0 saturated carbocycles. The van der Waals surface area contributed by atoms with Crippen molar-refractivity contribution in [2.75, 3.05) is 29.0 Å². The van der Waals surface area contributed by atoms with Crippen molar-refractivity contribution >= 4 is 79.0 Å². The Kier molecular flexibility index (Phi) is 8.54. The number of aromatic nitrogens is 2. The number of rotatable bonds is 9. The van der Waals surface area contributed by atoms with Gasteiger partial charge in [0.05, 0.1) is 23.4 Å². The number of halogens is 2. The smallest absolute Gasteiger partial charge is 0.316 e. The van der Waals surface area contributed by atoms with Gasteiger partial charge in [-0.25, -0.2) is 8.42 Å². The molecule has 3 rings (SSSR count). The molecule has 0 aliphatic carbocycles. The highest BCUT2D eigenvalue weighted by atomic mass is 35.5. The van der Waals surface area contributed by atoms with Crippen molar-refractivity contribution in [1.29, 1.82) is 0 Å².